The van der Waals surface area contributed by atoms with Crippen LogP contribution in [0, 0.1) is 5.82 Å². The quantitative estimate of drug-likeness (QED) is 0.590. The maximum absolute atomic E-state index is 14.7. The van der Waals surface area contributed by atoms with Gasteiger partial charge in [-0.05, 0) is 56.1 Å². The molecule has 2 aromatic carbocycles. The van der Waals surface area contributed by atoms with Gasteiger partial charge in [-0.1, -0.05) is 13.0 Å². The van der Waals surface area contributed by atoms with Crippen molar-refractivity contribution in [3.05, 3.63) is 47.8 Å². The molecule has 1 saturated heterocycles. The summed E-state index contributed by atoms with van der Waals surface area (Å²) in [6.45, 7) is 8.71. The normalized spacial score (nSPS) is 15.1. The number of benzene rings is 2. The van der Waals surface area contributed by atoms with Crippen molar-refractivity contribution in [3.63, 3.8) is 0 Å². The molecule has 2 aromatic rings. The Kier molecular flexibility index (Phi) is 7.80. The maximum atomic E-state index is 14.7. The summed E-state index contributed by atoms with van der Waals surface area (Å²) in [5, 5.41) is 0. The summed E-state index contributed by atoms with van der Waals surface area (Å²) >= 11 is 0. The minimum Gasteiger partial charge on any atom is -0.493 e. The fraction of sp³-hybridized carbons (Fsp3) is 0.500. The maximum Gasteiger partial charge on any atom is 0.165 e. The van der Waals surface area contributed by atoms with Crippen LogP contribution >= 0.6 is 0 Å². The van der Waals surface area contributed by atoms with Crippen molar-refractivity contribution >= 4 is 5.69 Å². The van der Waals surface area contributed by atoms with Crippen molar-refractivity contribution in [3.8, 4) is 17.2 Å². The third kappa shape index (κ3) is 5.36. The lowest BCUT2D eigenvalue weighted by Crippen LogP contribution is -2.38. The second-order valence-electron chi connectivity index (χ2n) is 7.57. The van der Waals surface area contributed by atoms with E-state index in [2.05, 4.69) is 23.6 Å². The van der Waals surface area contributed by atoms with E-state index in [0.29, 0.717) is 23.8 Å². The minimum atomic E-state index is -0.297. The highest BCUT2D eigenvalue weighted by molar-refractivity contribution is 5.56. The fourth-order valence-electron chi connectivity index (χ4n) is 3.89. The van der Waals surface area contributed by atoms with Crippen molar-refractivity contribution in [2.45, 2.75) is 39.3 Å². The highest BCUT2D eigenvalue weighted by atomic mass is 19.1. The molecule has 1 fully saturated rings. The Morgan fingerprint density at radius 3 is 2.27 bits per heavy atom. The number of halogens is 1. The summed E-state index contributed by atoms with van der Waals surface area (Å²) in [4.78, 5) is 4.56. The van der Waals surface area contributed by atoms with E-state index in [0.717, 1.165) is 50.3 Å². The van der Waals surface area contributed by atoms with Crippen molar-refractivity contribution in [1.29, 1.82) is 0 Å². The Labute approximate surface area is 179 Å². The summed E-state index contributed by atoms with van der Waals surface area (Å²) in [5.74, 6) is 1.42. The zero-order chi connectivity index (χ0) is 21.5. The van der Waals surface area contributed by atoms with Crippen LogP contribution in [0.3, 0.4) is 0 Å². The Bertz CT molecular complexity index is 822. The number of ether oxygens (including phenoxy) is 3. The van der Waals surface area contributed by atoms with Gasteiger partial charge in [-0.25, -0.2) is 4.39 Å². The summed E-state index contributed by atoms with van der Waals surface area (Å²) in [5.41, 5.74) is 1.90. The third-order valence-electron chi connectivity index (χ3n) is 5.76. The van der Waals surface area contributed by atoms with E-state index < -0.39 is 0 Å². The molecule has 0 unspecified atom stereocenters. The molecule has 1 aliphatic rings. The number of hydrogen-bond acceptors (Lipinski definition) is 5. The van der Waals surface area contributed by atoms with Crippen LogP contribution in [0.15, 0.2) is 36.4 Å². The molecule has 0 bridgehead atoms. The molecule has 0 amide bonds. The standard InChI is InChI=1S/C24H33FN2O3/c1-5-26-13-11-20(12-14-26)30-22-9-7-18(15-21(22)25)17-27(6-2)19-8-10-23(28-3)24(16-19)29-4/h7-10,15-16,20H,5-6,11-14,17H2,1-4H3. The first-order valence-electron chi connectivity index (χ1n) is 10.7. The molecule has 1 aliphatic heterocycles. The minimum absolute atomic E-state index is 0.0899. The summed E-state index contributed by atoms with van der Waals surface area (Å²) < 4.78 is 31.4. The molecule has 0 aliphatic carbocycles. The van der Waals surface area contributed by atoms with E-state index in [1.54, 1.807) is 26.4 Å². The van der Waals surface area contributed by atoms with Gasteiger partial charge < -0.3 is 24.0 Å². The Balaban J connectivity index is 1.67. The largest absolute Gasteiger partial charge is 0.493 e. The Hall–Kier alpha value is -2.47. The summed E-state index contributed by atoms with van der Waals surface area (Å²) in [6, 6.07) is 11.1. The van der Waals surface area contributed by atoms with Gasteiger partial charge in [0.15, 0.2) is 23.1 Å². The molecule has 3 rings (SSSR count). The van der Waals surface area contributed by atoms with Crippen LogP contribution in [0.4, 0.5) is 10.1 Å². The Morgan fingerprint density at radius 1 is 0.967 bits per heavy atom. The van der Waals surface area contributed by atoms with Gasteiger partial charge in [0.1, 0.15) is 6.10 Å². The highest BCUT2D eigenvalue weighted by Gasteiger charge is 2.21. The lowest BCUT2D eigenvalue weighted by Gasteiger charge is -2.31. The van der Waals surface area contributed by atoms with E-state index >= 15 is 0 Å². The number of piperidine rings is 1. The van der Waals surface area contributed by atoms with Crippen LogP contribution in [0.5, 0.6) is 17.2 Å². The number of rotatable bonds is 9. The van der Waals surface area contributed by atoms with Gasteiger partial charge in [-0.3, -0.25) is 0 Å². The SMILES string of the molecule is CCN1CCC(Oc2ccc(CN(CC)c3ccc(OC)c(OC)c3)cc2F)CC1. The first kappa shape index (κ1) is 22.2. The van der Waals surface area contributed by atoms with Gasteiger partial charge in [0.2, 0.25) is 0 Å². The molecule has 1 heterocycles. The van der Waals surface area contributed by atoms with E-state index in [4.69, 9.17) is 14.2 Å². The molecule has 0 N–H and O–H groups in total. The zero-order valence-electron chi connectivity index (χ0n) is 18.5. The van der Waals surface area contributed by atoms with Gasteiger partial charge in [0, 0.05) is 37.9 Å². The highest BCUT2D eigenvalue weighted by Crippen LogP contribution is 2.32. The van der Waals surface area contributed by atoms with Crippen LogP contribution in [-0.4, -0.2) is 51.4 Å². The van der Waals surface area contributed by atoms with E-state index in [9.17, 15) is 4.39 Å². The van der Waals surface area contributed by atoms with E-state index in [1.165, 1.54) is 0 Å². The number of likely N-dealkylation sites (tertiary alicyclic amines) is 1. The van der Waals surface area contributed by atoms with Crippen LogP contribution < -0.4 is 19.1 Å². The molecule has 5 nitrogen and oxygen atoms in total. The second-order valence-corrected chi connectivity index (χ2v) is 7.57. The predicted molar refractivity (Wildman–Crippen MR) is 118 cm³/mol. The van der Waals surface area contributed by atoms with Crippen molar-refractivity contribution < 1.29 is 18.6 Å². The predicted octanol–water partition coefficient (Wildman–Crippen LogP) is 4.73. The van der Waals surface area contributed by atoms with Gasteiger partial charge in [-0.2, -0.15) is 0 Å². The molecule has 0 radical (unpaired) electrons. The monoisotopic (exact) mass is 416 g/mol. The number of hydrogen-bond donors (Lipinski definition) is 0. The van der Waals surface area contributed by atoms with Crippen molar-refractivity contribution in [2.24, 2.45) is 0 Å². The first-order valence-corrected chi connectivity index (χ1v) is 10.7. The van der Waals surface area contributed by atoms with Gasteiger partial charge >= 0.3 is 0 Å². The summed E-state index contributed by atoms with van der Waals surface area (Å²) in [7, 11) is 3.24. The van der Waals surface area contributed by atoms with Crippen LogP contribution in [0.25, 0.3) is 0 Å². The molecule has 30 heavy (non-hydrogen) atoms. The zero-order valence-corrected chi connectivity index (χ0v) is 18.5. The van der Waals surface area contributed by atoms with Crippen LogP contribution in [0.2, 0.25) is 0 Å². The molecular formula is C24H33FN2O3. The van der Waals surface area contributed by atoms with E-state index in [1.807, 2.05) is 24.3 Å². The smallest absolute Gasteiger partial charge is 0.165 e. The molecular weight excluding hydrogens is 383 g/mol. The second kappa shape index (κ2) is 10.5. The van der Waals surface area contributed by atoms with Gasteiger partial charge in [0.05, 0.1) is 14.2 Å². The molecule has 0 atom stereocenters. The van der Waals surface area contributed by atoms with Crippen LogP contribution in [-0.2, 0) is 6.54 Å². The van der Waals surface area contributed by atoms with Crippen molar-refractivity contribution in [1.82, 2.24) is 4.90 Å². The average Bonchev–Trinajstić information content (AvgIpc) is 2.79. The molecule has 0 saturated carbocycles. The van der Waals surface area contributed by atoms with Crippen molar-refractivity contribution in [2.75, 3.05) is 45.3 Å². The van der Waals surface area contributed by atoms with Gasteiger partial charge in [0.25, 0.3) is 0 Å². The molecule has 6 heteroatoms. The topological polar surface area (TPSA) is 34.2 Å². The number of anilines is 1. The lowest BCUT2D eigenvalue weighted by molar-refractivity contribution is 0.100. The van der Waals surface area contributed by atoms with E-state index in [-0.39, 0.29) is 11.9 Å². The first-order chi connectivity index (χ1) is 14.6. The number of nitrogens with zero attached hydrogens (tertiary/aromatic N) is 2. The Morgan fingerprint density at radius 2 is 1.67 bits per heavy atom. The molecule has 164 valence electrons. The van der Waals surface area contributed by atoms with Crippen LogP contribution in [0.1, 0.15) is 32.3 Å². The lowest BCUT2D eigenvalue weighted by atomic mass is 10.1. The number of methoxy groups -OCH3 is 2. The summed E-state index contributed by atoms with van der Waals surface area (Å²) in [6.07, 6.45) is 1.97. The average molecular weight is 417 g/mol. The van der Waals surface area contributed by atoms with Gasteiger partial charge in [-0.15, -0.1) is 0 Å². The fourth-order valence-corrected chi connectivity index (χ4v) is 3.89. The molecule has 0 aromatic heterocycles. The third-order valence-corrected chi connectivity index (χ3v) is 5.76. The molecule has 0 spiro atoms.